The summed E-state index contributed by atoms with van der Waals surface area (Å²) in [5, 5.41) is 3.29. The molecule has 0 fully saturated rings. The fourth-order valence-electron chi connectivity index (χ4n) is 2.75. The van der Waals surface area contributed by atoms with Gasteiger partial charge in [0, 0.05) is 29.7 Å². The molecule has 156 valence electrons. The standard InChI is InChI=1S/C22H22ClN3O4/c1-15(30-19-5-3-4-17(23)12-19)22(28)24-10-11-26-14-25-20(13-21(26)27)16-6-8-18(29-2)9-7-16/h3-9,12-15H,10-11H2,1-2H3,(H,24,28). The number of benzene rings is 2. The van der Waals surface area contributed by atoms with Crippen molar-refractivity contribution in [2.75, 3.05) is 13.7 Å². The lowest BCUT2D eigenvalue weighted by Crippen LogP contribution is -2.38. The van der Waals surface area contributed by atoms with Crippen molar-refractivity contribution >= 4 is 17.5 Å². The summed E-state index contributed by atoms with van der Waals surface area (Å²) >= 11 is 5.91. The van der Waals surface area contributed by atoms with Gasteiger partial charge in [-0.1, -0.05) is 17.7 Å². The van der Waals surface area contributed by atoms with Gasteiger partial charge in [0.2, 0.25) is 0 Å². The summed E-state index contributed by atoms with van der Waals surface area (Å²) in [6, 6.07) is 15.6. The first-order chi connectivity index (χ1) is 14.5. The average molecular weight is 428 g/mol. The van der Waals surface area contributed by atoms with E-state index in [0.29, 0.717) is 23.0 Å². The molecule has 1 N–H and O–H groups in total. The minimum Gasteiger partial charge on any atom is -0.497 e. The van der Waals surface area contributed by atoms with Gasteiger partial charge in [-0.15, -0.1) is 0 Å². The van der Waals surface area contributed by atoms with Gasteiger partial charge in [0.1, 0.15) is 11.5 Å². The number of nitrogens with zero attached hydrogens (tertiary/aromatic N) is 2. The number of hydrogen-bond donors (Lipinski definition) is 1. The number of amides is 1. The Labute approximate surface area is 179 Å². The van der Waals surface area contributed by atoms with Crippen molar-refractivity contribution in [3.8, 4) is 22.8 Å². The Morgan fingerprint density at radius 1 is 1.17 bits per heavy atom. The van der Waals surface area contributed by atoms with Crippen LogP contribution in [0.1, 0.15) is 6.92 Å². The zero-order valence-corrected chi connectivity index (χ0v) is 17.4. The zero-order valence-electron chi connectivity index (χ0n) is 16.7. The van der Waals surface area contributed by atoms with Crippen molar-refractivity contribution in [1.29, 1.82) is 0 Å². The van der Waals surface area contributed by atoms with E-state index in [1.165, 1.54) is 17.0 Å². The maximum Gasteiger partial charge on any atom is 0.260 e. The molecule has 7 nitrogen and oxygen atoms in total. The molecule has 2 aromatic carbocycles. The fourth-order valence-corrected chi connectivity index (χ4v) is 2.94. The molecule has 1 atom stereocenters. The molecule has 1 amide bonds. The molecule has 0 radical (unpaired) electrons. The third-order valence-electron chi connectivity index (χ3n) is 4.40. The normalized spacial score (nSPS) is 11.6. The van der Waals surface area contributed by atoms with Crippen molar-refractivity contribution in [3.05, 3.63) is 76.3 Å². The highest BCUT2D eigenvalue weighted by Gasteiger charge is 2.14. The van der Waals surface area contributed by atoms with Crippen LogP contribution in [0.3, 0.4) is 0 Å². The molecule has 3 rings (SSSR count). The first-order valence-corrected chi connectivity index (χ1v) is 9.75. The Morgan fingerprint density at radius 3 is 2.60 bits per heavy atom. The van der Waals surface area contributed by atoms with Crippen LogP contribution in [-0.4, -0.2) is 35.2 Å². The van der Waals surface area contributed by atoms with Crippen LogP contribution in [0.25, 0.3) is 11.3 Å². The highest BCUT2D eigenvalue weighted by Crippen LogP contribution is 2.19. The molecule has 3 aromatic rings. The van der Waals surface area contributed by atoms with E-state index in [-0.39, 0.29) is 18.0 Å². The summed E-state index contributed by atoms with van der Waals surface area (Å²) < 4.78 is 12.1. The van der Waals surface area contributed by atoms with Crippen LogP contribution < -0.4 is 20.3 Å². The van der Waals surface area contributed by atoms with Gasteiger partial charge in [0.25, 0.3) is 11.5 Å². The Hall–Kier alpha value is -3.32. The first kappa shape index (κ1) is 21.4. The third kappa shape index (κ3) is 5.61. The van der Waals surface area contributed by atoms with Crippen LogP contribution in [0, 0.1) is 0 Å². The minimum atomic E-state index is -0.698. The fraction of sp³-hybridized carbons (Fsp3) is 0.227. The molecule has 0 aliphatic carbocycles. The second-order valence-corrected chi connectivity index (χ2v) is 6.98. The Kier molecular flexibility index (Phi) is 7.08. The Bertz CT molecular complexity index is 1070. The minimum absolute atomic E-state index is 0.201. The van der Waals surface area contributed by atoms with Crippen molar-refractivity contribution in [1.82, 2.24) is 14.9 Å². The summed E-state index contributed by atoms with van der Waals surface area (Å²) in [6.45, 7) is 2.21. The van der Waals surface area contributed by atoms with Crippen molar-refractivity contribution in [3.63, 3.8) is 0 Å². The molecule has 1 unspecified atom stereocenters. The molecule has 0 aliphatic rings. The number of nitrogens with one attached hydrogen (secondary N) is 1. The number of carbonyl (C=O) groups is 1. The van der Waals surface area contributed by atoms with Crippen LogP contribution in [0.15, 0.2) is 65.7 Å². The SMILES string of the molecule is COc1ccc(-c2cc(=O)n(CCNC(=O)C(C)Oc3cccc(Cl)c3)cn2)cc1. The third-order valence-corrected chi connectivity index (χ3v) is 4.63. The Morgan fingerprint density at radius 2 is 1.93 bits per heavy atom. The number of methoxy groups -OCH3 is 1. The van der Waals surface area contributed by atoms with Crippen LogP contribution in [0.2, 0.25) is 5.02 Å². The van der Waals surface area contributed by atoms with Crippen molar-refractivity contribution < 1.29 is 14.3 Å². The molecule has 0 saturated heterocycles. The highest BCUT2D eigenvalue weighted by atomic mass is 35.5. The first-order valence-electron chi connectivity index (χ1n) is 9.37. The van der Waals surface area contributed by atoms with Gasteiger partial charge in [-0.25, -0.2) is 4.98 Å². The number of rotatable bonds is 8. The molecule has 1 heterocycles. The lowest BCUT2D eigenvalue weighted by atomic mass is 10.1. The van der Waals surface area contributed by atoms with Gasteiger partial charge < -0.3 is 14.8 Å². The zero-order chi connectivity index (χ0) is 21.5. The van der Waals surface area contributed by atoms with Crippen molar-refractivity contribution in [2.45, 2.75) is 19.6 Å². The van der Waals surface area contributed by atoms with Gasteiger partial charge >= 0.3 is 0 Å². The average Bonchev–Trinajstić information content (AvgIpc) is 2.74. The van der Waals surface area contributed by atoms with Crippen LogP contribution in [0.4, 0.5) is 0 Å². The van der Waals surface area contributed by atoms with Crippen LogP contribution >= 0.6 is 11.6 Å². The van der Waals surface area contributed by atoms with E-state index in [2.05, 4.69) is 10.3 Å². The summed E-state index contributed by atoms with van der Waals surface area (Å²) in [5.41, 5.74) is 1.19. The quantitative estimate of drug-likeness (QED) is 0.597. The van der Waals surface area contributed by atoms with E-state index in [9.17, 15) is 9.59 Å². The lowest BCUT2D eigenvalue weighted by molar-refractivity contribution is -0.127. The molecule has 8 heteroatoms. The van der Waals surface area contributed by atoms with E-state index < -0.39 is 6.10 Å². The molecular weight excluding hydrogens is 406 g/mol. The molecule has 0 spiro atoms. The lowest BCUT2D eigenvalue weighted by Gasteiger charge is -2.15. The van der Waals surface area contributed by atoms with Gasteiger partial charge in [-0.05, 0) is 49.4 Å². The molecule has 1 aromatic heterocycles. The van der Waals surface area contributed by atoms with Gasteiger partial charge in [-0.3, -0.25) is 14.2 Å². The second kappa shape index (κ2) is 9.93. The summed E-state index contributed by atoms with van der Waals surface area (Å²) in [7, 11) is 1.59. The van der Waals surface area contributed by atoms with E-state index in [1.807, 2.05) is 24.3 Å². The van der Waals surface area contributed by atoms with E-state index in [4.69, 9.17) is 21.1 Å². The predicted molar refractivity (Wildman–Crippen MR) is 115 cm³/mol. The molecule has 0 saturated carbocycles. The maximum absolute atomic E-state index is 12.4. The summed E-state index contributed by atoms with van der Waals surface area (Å²) in [5.74, 6) is 0.960. The topological polar surface area (TPSA) is 82.5 Å². The predicted octanol–water partition coefficient (Wildman–Crippen LogP) is 3.16. The van der Waals surface area contributed by atoms with Crippen LogP contribution in [-0.2, 0) is 11.3 Å². The monoisotopic (exact) mass is 427 g/mol. The molecule has 0 aliphatic heterocycles. The highest BCUT2D eigenvalue weighted by molar-refractivity contribution is 6.30. The van der Waals surface area contributed by atoms with Crippen molar-refractivity contribution in [2.24, 2.45) is 0 Å². The van der Waals surface area contributed by atoms with Crippen LogP contribution in [0.5, 0.6) is 11.5 Å². The second-order valence-electron chi connectivity index (χ2n) is 6.54. The molecule has 30 heavy (non-hydrogen) atoms. The smallest absolute Gasteiger partial charge is 0.260 e. The number of halogens is 1. The Balaban J connectivity index is 1.54. The molecular formula is C22H22ClN3O4. The van der Waals surface area contributed by atoms with E-state index in [1.54, 1.807) is 38.3 Å². The van der Waals surface area contributed by atoms with Gasteiger partial charge in [0.15, 0.2) is 6.10 Å². The largest absolute Gasteiger partial charge is 0.497 e. The summed E-state index contributed by atoms with van der Waals surface area (Å²) in [4.78, 5) is 28.9. The van der Waals surface area contributed by atoms with E-state index in [0.717, 1.165) is 11.3 Å². The number of aromatic nitrogens is 2. The van der Waals surface area contributed by atoms with Gasteiger partial charge in [-0.2, -0.15) is 0 Å². The number of ether oxygens (including phenoxy) is 2. The number of carbonyl (C=O) groups excluding carboxylic acids is 1. The number of hydrogen-bond acceptors (Lipinski definition) is 5. The maximum atomic E-state index is 12.4. The molecule has 0 bridgehead atoms. The van der Waals surface area contributed by atoms with Gasteiger partial charge in [0.05, 0.1) is 19.1 Å². The summed E-state index contributed by atoms with van der Waals surface area (Å²) in [6.07, 6.45) is 0.774. The van der Waals surface area contributed by atoms with E-state index >= 15 is 0 Å².